The highest BCUT2D eigenvalue weighted by Gasteiger charge is 2.59. The molecule has 4 aliphatic rings. The molecule has 0 unspecified atom stereocenters. The molecule has 0 spiro atoms. The molecule has 0 aromatic carbocycles. The number of aliphatic hydroxyl groups excluding tert-OH is 1. The van der Waals surface area contributed by atoms with E-state index >= 15 is 0 Å². The standard InChI is InChI=1S/C27H46O2Si/c1-9-21-24(28)17-23-20-11-10-18-16-19(29-30(7,8)25(2,3)4)12-14-26(18,5)22(20)13-15-27(21,23)6/h9-10,19-20,22-24,28H,11-17H2,1-8H3/b21-9-/t19-,20+,22-,23-,24+,26-,27+/m0/s1. The second-order valence-corrected chi connectivity index (χ2v) is 17.7. The molecule has 3 saturated carbocycles. The Morgan fingerprint density at radius 1 is 1.10 bits per heavy atom. The zero-order chi connectivity index (χ0) is 22.1. The van der Waals surface area contributed by atoms with Gasteiger partial charge in [0.1, 0.15) is 0 Å². The second-order valence-electron chi connectivity index (χ2n) is 13.0. The lowest BCUT2D eigenvalue weighted by Gasteiger charge is -2.58. The predicted octanol–water partition coefficient (Wildman–Crippen LogP) is 7.26. The summed E-state index contributed by atoms with van der Waals surface area (Å²) in [6.45, 7) is 19.0. The summed E-state index contributed by atoms with van der Waals surface area (Å²) in [6.07, 6.45) is 13.5. The van der Waals surface area contributed by atoms with Gasteiger partial charge in [0.05, 0.1) is 6.10 Å². The quantitative estimate of drug-likeness (QED) is 0.369. The molecule has 170 valence electrons. The third-order valence-corrected chi connectivity index (χ3v) is 15.1. The van der Waals surface area contributed by atoms with Crippen LogP contribution < -0.4 is 0 Å². The molecular weight excluding hydrogens is 384 g/mol. The molecule has 4 aliphatic carbocycles. The summed E-state index contributed by atoms with van der Waals surface area (Å²) in [4.78, 5) is 0. The zero-order valence-electron chi connectivity index (χ0n) is 20.8. The van der Waals surface area contributed by atoms with Crippen molar-refractivity contribution in [2.24, 2.45) is 28.6 Å². The van der Waals surface area contributed by atoms with Crippen molar-refractivity contribution in [3.63, 3.8) is 0 Å². The predicted molar refractivity (Wildman–Crippen MR) is 129 cm³/mol. The fraction of sp³-hybridized carbons (Fsp3) is 0.852. The lowest BCUT2D eigenvalue weighted by Crippen LogP contribution is -2.51. The summed E-state index contributed by atoms with van der Waals surface area (Å²) >= 11 is 0. The van der Waals surface area contributed by atoms with Crippen LogP contribution >= 0.6 is 0 Å². The number of aliphatic hydroxyl groups is 1. The van der Waals surface area contributed by atoms with Crippen molar-refractivity contribution in [1.29, 1.82) is 0 Å². The lowest BCUT2D eigenvalue weighted by atomic mass is 9.48. The van der Waals surface area contributed by atoms with E-state index in [2.05, 4.69) is 66.8 Å². The molecule has 3 fully saturated rings. The number of fused-ring (bicyclic) bond motifs is 5. The number of allylic oxidation sites excluding steroid dienone is 2. The van der Waals surface area contributed by atoms with Crippen molar-refractivity contribution in [2.45, 2.75) is 117 Å². The Hall–Kier alpha value is -0.383. The van der Waals surface area contributed by atoms with E-state index in [1.165, 1.54) is 37.7 Å². The monoisotopic (exact) mass is 430 g/mol. The minimum Gasteiger partial charge on any atom is -0.414 e. The largest absolute Gasteiger partial charge is 0.414 e. The summed E-state index contributed by atoms with van der Waals surface area (Å²) in [5.41, 5.74) is 3.60. The summed E-state index contributed by atoms with van der Waals surface area (Å²) in [6, 6.07) is 0. The van der Waals surface area contributed by atoms with Gasteiger partial charge in [-0.25, -0.2) is 0 Å². The first kappa shape index (κ1) is 22.8. The van der Waals surface area contributed by atoms with Crippen LogP contribution in [0.15, 0.2) is 23.3 Å². The number of rotatable bonds is 2. The number of hydrogen-bond donors (Lipinski definition) is 1. The van der Waals surface area contributed by atoms with Gasteiger partial charge in [0, 0.05) is 6.10 Å². The summed E-state index contributed by atoms with van der Waals surface area (Å²) in [7, 11) is -1.72. The minimum atomic E-state index is -1.72. The molecule has 1 N–H and O–H groups in total. The van der Waals surface area contributed by atoms with Crippen molar-refractivity contribution in [3.05, 3.63) is 23.3 Å². The maximum atomic E-state index is 10.8. The molecule has 3 heteroatoms. The van der Waals surface area contributed by atoms with Crippen LogP contribution in [0, 0.1) is 28.6 Å². The van der Waals surface area contributed by atoms with E-state index in [-0.39, 0.29) is 16.6 Å². The van der Waals surface area contributed by atoms with E-state index in [0.717, 1.165) is 24.7 Å². The van der Waals surface area contributed by atoms with Crippen molar-refractivity contribution in [2.75, 3.05) is 0 Å². The van der Waals surface area contributed by atoms with Gasteiger partial charge in [0.15, 0.2) is 8.32 Å². The van der Waals surface area contributed by atoms with E-state index in [9.17, 15) is 5.11 Å². The van der Waals surface area contributed by atoms with Gasteiger partial charge in [-0.3, -0.25) is 0 Å². The molecule has 0 aliphatic heterocycles. The topological polar surface area (TPSA) is 29.5 Å². The van der Waals surface area contributed by atoms with E-state index in [4.69, 9.17) is 4.43 Å². The summed E-state index contributed by atoms with van der Waals surface area (Å²) in [5, 5.41) is 11.1. The van der Waals surface area contributed by atoms with Crippen LogP contribution in [-0.2, 0) is 4.43 Å². The Morgan fingerprint density at radius 3 is 2.40 bits per heavy atom. The van der Waals surface area contributed by atoms with Gasteiger partial charge < -0.3 is 9.53 Å². The van der Waals surface area contributed by atoms with Crippen molar-refractivity contribution in [1.82, 2.24) is 0 Å². The molecule has 0 aromatic rings. The SMILES string of the molecule is C/C=C1/[C@H](O)C[C@H]2[C@@H]3CC=C4C[C@@H](O[Si](C)(C)C(C)(C)C)CC[C@]4(C)[C@H]3CC[C@]12C. The van der Waals surface area contributed by atoms with Gasteiger partial charge >= 0.3 is 0 Å². The molecule has 4 rings (SSSR count). The Labute approximate surface area is 186 Å². The van der Waals surface area contributed by atoms with Gasteiger partial charge in [-0.15, -0.1) is 0 Å². The minimum absolute atomic E-state index is 0.212. The summed E-state index contributed by atoms with van der Waals surface area (Å²) < 4.78 is 6.86. The second kappa shape index (κ2) is 7.32. The zero-order valence-corrected chi connectivity index (χ0v) is 21.8. The smallest absolute Gasteiger partial charge is 0.192 e. The molecular formula is C27H46O2Si. The van der Waals surface area contributed by atoms with E-state index in [0.29, 0.717) is 17.4 Å². The molecule has 0 saturated heterocycles. The molecule has 0 heterocycles. The first-order valence-corrected chi connectivity index (χ1v) is 15.5. The Morgan fingerprint density at radius 2 is 1.77 bits per heavy atom. The Bertz CT molecular complexity index is 744. The maximum absolute atomic E-state index is 10.8. The first-order chi connectivity index (χ1) is 13.8. The molecule has 0 radical (unpaired) electrons. The van der Waals surface area contributed by atoms with Crippen molar-refractivity contribution >= 4 is 8.32 Å². The molecule has 0 aromatic heterocycles. The molecule has 0 amide bonds. The average molecular weight is 431 g/mol. The van der Waals surface area contributed by atoms with Gasteiger partial charge in [-0.05, 0) is 104 Å². The summed E-state index contributed by atoms with van der Waals surface area (Å²) in [5.74, 6) is 2.17. The molecule has 0 bridgehead atoms. The third-order valence-electron chi connectivity index (χ3n) is 10.5. The van der Waals surface area contributed by atoms with Gasteiger partial charge in [-0.1, -0.05) is 52.3 Å². The van der Waals surface area contributed by atoms with E-state index in [1.807, 2.05) is 0 Å². The molecule has 2 nitrogen and oxygen atoms in total. The van der Waals surface area contributed by atoms with Crippen LogP contribution in [0.4, 0.5) is 0 Å². The van der Waals surface area contributed by atoms with E-state index in [1.54, 1.807) is 5.57 Å². The van der Waals surface area contributed by atoms with E-state index < -0.39 is 8.32 Å². The number of hydrogen-bond acceptors (Lipinski definition) is 2. The lowest BCUT2D eigenvalue weighted by molar-refractivity contribution is -0.0264. The average Bonchev–Trinajstić information content (AvgIpc) is 2.90. The van der Waals surface area contributed by atoms with Gasteiger partial charge in [0.25, 0.3) is 0 Å². The van der Waals surface area contributed by atoms with Crippen molar-refractivity contribution in [3.8, 4) is 0 Å². The van der Waals surface area contributed by atoms with Crippen LogP contribution in [0.3, 0.4) is 0 Å². The normalized spacial score (nSPS) is 45.6. The van der Waals surface area contributed by atoms with Crippen LogP contribution in [0.25, 0.3) is 0 Å². The Balaban J connectivity index is 1.55. The van der Waals surface area contributed by atoms with Gasteiger partial charge in [-0.2, -0.15) is 0 Å². The third kappa shape index (κ3) is 3.33. The van der Waals surface area contributed by atoms with Crippen LogP contribution in [-0.4, -0.2) is 25.6 Å². The highest BCUT2D eigenvalue weighted by molar-refractivity contribution is 6.74. The van der Waals surface area contributed by atoms with Gasteiger partial charge in [0.2, 0.25) is 0 Å². The fourth-order valence-electron chi connectivity index (χ4n) is 7.71. The molecule has 7 atom stereocenters. The van der Waals surface area contributed by atoms with Crippen LogP contribution in [0.2, 0.25) is 18.1 Å². The van der Waals surface area contributed by atoms with Crippen LogP contribution in [0.5, 0.6) is 0 Å². The maximum Gasteiger partial charge on any atom is 0.192 e. The highest BCUT2D eigenvalue weighted by Crippen LogP contribution is 2.66. The van der Waals surface area contributed by atoms with Crippen LogP contribution in [0.1, 0.15) is 86.5 Å². The highest BCUT2D eigenvalue weighted by atomic mass is 28.4. The first-order valence-electron chi connectivity index (χ1n) is 12.6. The fourth-order valence-corrected chi connectivity index (χ4v) is 9.09. The Kier molecular flexibility index (Phi) is 5.56. The van der Waals surface area contributed by atoms with Crippen molar-refractivity contribution < 1.29 is 9.53 Å². The molecule has 30 heavy (non-hydrogen) atoms.